The quantitative estimate of drug-likeness (QED) is 0.768. The third kappa shape index (κ3) is 3.56. The molecule has 0 bridgehead atoms. The van der Waals surface area contributed by atoms with E-state index < -0.39 is 11.7 Å². The summed E-state index contributed by atoms with van der Waals surface area (Å²) in [5.74, 6) is 3.21. The first-order chi connectivity index (χ1) is 11.0. The second-order valence-corrected chi connectivity index (χ2v) is 7.42. The van der Waals surface area contributed by atoms with Gasteiger partial charge in [-0.3, -0.25) is 0 Å². The zero-order valence-electron chi connectivity index (χ0n) is 13.1. The van der Waals surface area contributed by atoms with E-state index in [1.807, 2.05) is 0 Å². The van der Waals surface area contributed by atoms with E-state index in [4.69, 9.17) is 0 Å². The second kappa shape index (κ2) is 5.78. The first-order valence-electron chi connectivity index (χ1n) is 8.52. The number of hydrogen-bond acceptors (Lipinski definition) is 1. The molecule has 4 rings (SSSR count). The maximum Gasteiger partial charge on any atom is 0.416 e. The van der Waals surface area contributed by atoms with Gasteiger partial charge in [0.1, 0.15) is 0 Å². The number of rotatable bonds is 6. The molecule has 2 saturated carbocycles. The molecule has 1 aliphatic heterocycles. The lowest BCUT2D eigenvalue weighted by Gasteiger charge is -2.24. The third-order valence-corrected chi connectivity index (χ3v) is 5.55. The fourth-order valence-electron chi connectivity index (χ4n) is 4.01. The summed E-state index contributed by atoms with van der Waals surface area (Å²) in [6.45, 7) is 4.91. The SMILES string of the molecule is FC(F)(F)c1cccc(C[N-]CC2C3CN(CC4CC4)CC23)c1. The average molecular weight is 323 g/mol. The van der Waals surface area contributed by atoms with E-state index >= 15 is 0 Å². The maximum absolute atomic E-state index is 12.7. The van der Waals surface area contributed by atoms with E-state index in [0.717, 1.165) is 30.4 Å². The highest BCUT2D eigenvalue weighted by Gasteiger charge is 2.53. The molecule has 0 radical (unpaired) electrons. The molecule has 2 nitrogen and oxygen atoms in total. The molecule has 0 N–H and O–H groups in total. The Morgan fingerprint density at radius 3 is 2.52 bits per heavy atom. The highest BCUT2D eigenvalue weighted by atomic mass is 19.4. The van der Waals surface area contributed by atoms with Crippen molar-refractivity contribution in [3.05, 3.63) is 40.7 Å². The molecular weight excluding hydrogens is 301 g/mol. The average Bonchev–Trinajstić information content (AvgIpc) is 3.38. The van der Waals surface area contributed by atoms with Crippen LogP contribution in [0.5, 0.6) is 0 Å². The van der Waals surface area contributed by atoms with Crippen molar-refractivity contribution >= 4 is 0 Å². The van der Waals surface area contributed by atoms with Gasteiger partial charge in [-0.15, -0.1) is 13.1 Å². The summed E-state index contributed by atoms with van der Waals surface area (Å²) in [6, 6.07) is 5.52. The molecule has 2 aliphatic carbocycles. The molecule has 2 atom stereocenters. The lowest BCUT2D eigenvalue weighted by Crippen LogP contribution is -2.27. The van der Waals surface area contributed by atoms with E-state index in [-0.39, 0.29) is 0 Å². The molecular formula is C18H22F3N2-. The molecule has 1 aromatic rings. The van der Waals surface area contributed by atoms with Crippen molar-refractivity contribution in [1.29, 1.82) is 0 Å². The summed E-state index contributed by atoms with van der Waals surface area (Å²) >= 11 is 0. The fourth-order valence-corrected chi connectivity index (χ4v) is 4.01. The molecule has 3 aliphatic rings. The molecule has 2 unspecified atom stereocenters. The van der Waals surface area contributed by atoms with E-state index in [1.54, 1.807) is 6.07 Å². The van der Waals surface area contributed by atoms with Crippen molar-refractivity contribution in [2.75, 3.05) is 26.2 Å². The Morgan fingerprint density at radius 1 is 1.13 bits per heavy atom. The minimum absolute atomic E-state index is 0.394. The van der Waals surface area contributed by atoms with Gasteiger partial charge in [0.15, 0.2) is 0 Å². The first kappa shape index (κ1) is 15.5. The van der Waals surface area contributed by atoms with E-state index in [1.165, 1.54) is 44.6 Å². The number of alkyl halides is 3. The molecule has 23 heavy (non-hydrogen) atoms. The highest BCUT2D eigenvalue weighted by Crippen LogP contribution is 2.52. The second-order valence-electron chi connectivity index (χ2n) is 7.42. The molecule has 126 valence electrons. The van der Waals surface area contributed by atoms with Crippen LogP contribution in [0, 0.1) is 23.7 Å². The van der Waals surface area contributed by atoms with Crippen LogP contribution in [-0.4, -0.2) is 31.1 Å². The molecule has 1 saturated heterocycles. The van der Waals surface area contributed by atoms with Gasteiger partial charge in [-0.05, 0) is 36.7 Å². The number of nitrogens with zero attached hydrogens (tertiary/aromatic N) is 2. The largest absolute Gasteiger partial charge is 0.658 e. The van der Waals surface area contributed by atoms with E-state index in [9.17, 15) is 13.2 Å². The summed E-state index contributed by atoms with van der Waals surface area (Å²) in [4.78, 5) is 2.59. The van der Waals surface area contributed by atoms with Gasteiger partial charge in [-0.1, -0.05) is 29.7 Å². The summed E-state index contributed by atoms with van der Waals surface area (Å²) in [7, 11) is 0. The molecule has 0 aromatic heterocycles. The van der Waals surface area contributed by atoms with Crippen molar-refractivity contribution in [3.8, 4) is 0 Å². The van der Waals surface area contributed by atoms with Crippen molar-refractivity contribution in [1.82, 2.24) is 4.90 Å². The Labute approximate surface area is 135 Å². The number of likely N-dealkylation sites (tertiary alicyclic amines) is 1. The van der Waals surface area contributed by atoms with Crippen LogP contribution in [0.4, 0.5) is 13.2 Å². The summed E-state index contributed by atoms with van der Waals surface area (Å²) < 4.78 is 38.0. The zero-order chi connectivity index (χ0) is 16.0. The van der Waals surface area contributed by atoms with Crippen LogP contribution in [-0.2, 0) is 12.7 Å². The van der Waals surface area contributed by atoms with Gasteiger partial charge in [0, 0.05) is 19.6 Å². The fraction of sp³-hybridized carbons (Fsp3) is 0.667. The topological polar surface area (TPSA) is 17.3 Å². The Hall–Kier alpha value is -1.07. The zero-order valence-corrected chi connectivity index (χ0v) is 13.1. The molecule has 3 fully saturated rings. The van der Waals surface area contributed by atoms with Crippen molar-refractivity contribution in [2.24, 2.45) is 23.7 Å². The third-order valence-electron chi connectivity index (χ3n) is 5.55. The van der Waals surface area contributed by atoms with E-state index in [2.05, 4.69) is 10.2 Å². The van der Waals surface area contributed by atoms with Gasteiger partial charge < -0.3 is 10.2 Å². The molecule has 1 aromatic carbocycles. The normalized spacial score (nSPS) is 30.5. The van der Waals surface area contributed by atoms with Gasteiger partial charge in [0.25, 0.3) is 0 Å². The molecule has 1 heterocycles. The van der Waals surface area contributed by atoms with Crippen LogP contribution < -0.4 is 0 Å². The lowest BCUT2D eigenvalue weighted by atomic mass is 10.1. The van der Waals surface area contributed by atoms with Crippen LogP contribution >= 0.6 is 0 Å². The number of halogens is 3. The molecule has 0 spiro atoms. The summed E-state index contributed by atoms with van der Waals surface area (Å²) in [6.07, 6.45) is -1.46. The van der Waals surface area contributed by atoms with Crippen molar-refractivity contribution < 1.29 is 13.2 Å². The molecule has 0 amide bonds. The first-order valence-corrected chi connectivity index (χ1v) is 8.52. The smallest absolute Gasteiger partial charge is 0.416 e. The van der Waals surface area contributed by atoms with Gasteiger partial charge >= 0.3 is 6.18 Å². The minimum atomic E-state index is -4.27. The highest BCUT2D eigenvalue weighted by molar-refractivity contribution is 5.27. The van der Waals surface area contributed by atoms with Crippen LogP contribution in [0.25, 0.3) is 5.32 Å². The van der Waals surface area contributed by atoms with Crippen LogP contribution in [0.2, 0.25) is 0 Å². The van der Waals surface area contributed by atoms with Crippen molar-refractivity contribution in [3.63, 3.8) is 0 Å². The summed E-state index contributed by atoms with van der Waals surface area (Å²) in [5, 5.41) is 4.52. The maximum atomic E-state index is 12.7. The lowest BCUT2D eigenvalue weighted by molar-refractivity contribution is -0.137. The Morgan fingerprint density at radius 2 is 1.87 bits per heavy atom. The minimum Gasteiger partial charge on any atom is -0.658 e. The number of fused-ring (bicyclic) bond motifs is 1. The monoisotopic (exact) mass is 323 g/mol. The van der Waals surface area contributed by atoms with Crippen molar-refractivity contribution in [2.45, 2.75) is 25.6 Å². The predicted octanol–water partition coefficient (Wildman–Crippen LogP) is 4.17. The number of hydrogen-bond donors (Lipinski definition) is 0. The van der Waals surface area contributed by atoms with Gasteiger partial charge in [0.05, 0.1) is 5.56 Å². The Bertz CT molecular complexity index is 556. The van der Waals surface area contributed by atoms with Crippen LogP contribution in [0.1, 0.15) is 24.0 Å². The Balaban J connectivity index is 1.20. The summed E-state index contributed by atoms with van der Waals surface area (Å²) in [5.41, 5.74) is 0.0743. The van der Waals surface area contributed by atoms with Crippen LogP contribution in [0.3, 0.4) is 0 Å². The van der Waals surface area contributed by atoms with Gasteiger partial charge in [-0.2, -0.15) is 13.2 Å². The Kier molecular flexibility index (Phi) is 3.88. The predicted molar refractivity (Wildman–Crippen MR) is 83.0 cm³/mol. The number of benzene rings is 1. The standard InChI is InChI=1S/C18H22F3N2/c19-18(20,21)14-3-1-2-13(6-14)7-22-8-15-16-10-23(11-17(15)16)9-12-4-5-12/h1-3,6,12,15-17H,4-5,7-11H2/q-1. The van der Waals surface area contributed by atoms with Gasteiger partial charge in [-0.25, -0.2) is 0 Å². The number of piperidine rings is 1. The molecule has 5 heteroatoms. The van der Waals surface area contributed by atoms with E-state index in [0.29, 0.717) is 18.0 Å². The van der Waals surface area contributed by atoms with Gasteiger partial charge in [0.2, 0.25) is 0 Å². The van der Waals surface area contributed by atoms with Crippen LogP contribution in [0.15, 0.2) is 24.3 Å².